The van der Waals surface area contributed by atoms with E-state index in [-0.39, 0.29) is 30.9 Å². The second-order valence-corrected chi connectivity index (χ2v) is 15.0. The van der Waals surface area contributed by atoms with Gasteiger partial charge in [-0.25, -0.2) is 0 Å². The van der Waals surface area contributed by atoms with Gasteiger partial charge in [-0.15, -0.1) is 0 Å². The van der Waals surface area contributed by atoms with E-state index >= 15 is 0 Å². The van der Waals surface area contributed by atoms with Crippen LogP contribution in [0.2, 0.25) is 12.1 Å². The van der Waals surface area contributed by atoms with Crippen LogP contribution in [0.25, 0.3) is 0 Å². The fraction of sp³-hybridized carbons (Fsp3) is 1.00. The summed E-state index contributed by atoms with van der Waals surface area (Å²) in [6.07, 6.45) is 12.0. The summed E-state index contributed by atoms with van der Waals surface area (Å²) in [6.45, 7) is 12.3. The Labute approximate surface area is 212 Å². The third-order valence-electron chi connectivity index (χ3n) is 5.12. The third kappa shape index (κ3) is 24.1. The van der Waals surface area contributed by atoms with Crippen LogP contribution in [0.4, 0.5) is 0 Å². The number of hydrogen-bond acceptors (Lipinski definition) is 6. The highest BCUT2D eigenvalue weighted by molar-refractivity contribution is 8.76. The van der Waals surface area contributed by atoms with E-state index in [1.807, 2.05) is 0 Å². The summed E-state index contributed by atoms with van der Waals surface area (Å²) in [7, 11) is 3.51. The molecule has 0 N–H and O–H groups in total. The minimum Gasteiger partial charge on any atom is -0.357 e. The number of rotatable bonds is 27. The summed E-state index contributed by atoms with van der Waals surface area (Å²) in [5, 5.41) is 0. The maximum Gasteiger partial charge on any atom is 0.134 e. The molecule has 0 spiro atoms. The van der Waals surface area contributed by atoms with Crippen molar-refractivity contribution in [2.45, 2.75) is 116 Å². The average Bonchev–Trinajstić information content (AvgIpc) is 2.80. The monoisotopic (exact) mass is 526 g/mol. The van der Waals surface area contributed by atoms with Crippen molar-refractivity contribution in [3.63, 3.8) is 0 Å². The Balaban J connectivity index is 3.70. The van der Waals surface area contributed by atoms with Crippen molar-refractivity contribution >= 4 is 40.6 Å². The molecule has 0 atom stereocenters. The highest BCUT2D eigenvalue weighted by atomic mass is 33.1. The topological polar surface area (TPSA) is 36.9 Å². The molecule has 0 saturated carbocycles. The molecule has 194 valence electrons. The second kappa shape index (κ2) is 28.2. The molecule has 0 bridgehead atoms. The minimum absolute atomic E-state index is 0.141. The van der Waals surface area contributed by atoms with Crippen LogP contribution in [0, 0.1) is 0 Å². The normalized spacial score (nSPS) is 12.6. The molecule has 0 rings (SSSR count). The average molecular weight is 527 g/mol. The molecule has 0 heterocycles. The lowest BCUT2D eigenvalue weighted by Crippen LogP contribution is -2.25. The molecule has 0 aliphatic rings. The first-order chi connectivity index (χ1) is 15.8. The van der Waals surface area contributed by atoms with Crippen molar-refractivity contribution in [1.29, 1.82) is 0 Å². The van der Waals surface area contributed by atoms with Crippen LogP contribution >= 0.6 is 21.6 Å². The van der Waals surface area contributed by atoms with Crippen LogP contribution in [0.1, 0.15) is 91.9 Å². The molecule has 8 heteroatoms. The zero-order valence-corrected chi connectivity index (χ0v) is 26.2. The van der Waals surface area contributed by atoms with Gasteiger partial charge in [0.15, 0.2) is 0 Å². The van der Waals surface area contributed by atoms with E-state index in [0.717, 1.165) is 52.1 Å². The molecule has 0 radical (unpaired) electrons. The second-order valence-electron chi connectivity index (χ2n) is 8.39. The van der Waals surface area contributed by atoms with E-state index in [0.29, 0.717) is 0 Å². The first kappa shape index (κ1) is 33.0. The van der Waals surface area contributed by atoms with Gasteiger partial charge in [0, 0.05) is 37.9 Å². The summed E-state index contributed by atoms with van der Waals surface area (Å²) < 4.78 is 24.0. The van der Waals surface area contributed by atoms with Crippen LogP contribution in [0.5, 0.6) is 0 Å². The van der Waals surface area contributed by atoms with Crippen molar-refractivity contribution < 1.29 is 18.9 Å². The molecule has 0 aromatic carbocycles. The third-order valence-corrected chi connectivity index (χ3v) is 11.4. The van der Waals surface area contributed by atoms with Crippen molar-refractivity contribution in [1.82, 2.24) is 0 Å². The Morgan fingerprint density at radius 1 is 0.500 bits per heavy atom. The van der Waals surface area contributed by atoms with E-state index < -0.39 is 0 Å². The molecule has 0 amide bonds. The van der Waals surface area contributed by atoms with Gasteiger partial charge in [-0.1, -0.05) is 87.1 Å². The van der Waals surface area contributed by atoms with Crippen molar-refractivity contribution in [2.24, 2.45) is 0 Å². The van der Waals surface area contributed by atoms with Crippen LogP contribution in [0.15, 0.2) is 0 Å². The zero-order valence-electron chi connectivity index (χ0n) is 21.7. The maximum absolute atomic E-state index is 5.99. The van der Waals surface area contributed by atoms with Gasteiger partial charge in [0.1, 0.15) is 11.8 Å². The molecule has 0 unspecified atom stereocenters. The Kier molecular flexibility index (Phi) is 29.1. The molecule has 0 aromatic heterocycles. The van der Waals surface area contributed by atoms with Gasteiger partial charge in [0.2, 0.25) is 0 Å². The van der Waals surface area contributed by atoms with E-state index in [4.69, 9.17) is 18.9 Å². The molecular weight excluding hydrogens is 473 g/mol. The number of unbranched alkanes of at least 4 members (excludes halogenated alkanes) is 4. The Morgan fingerprint density at radius 2 is 0.812 bits per heavy atom. The highest BCUT2D eigenvalue weighted by Gasteiger charge is 2.11. The van der Waals surface area contributed by atoms with E-state index in [2.05, 4.69) is 49.3 Å². The van der Waals surface area contributed by atoms with Gasteiger partial charge in [0.05, 0.1) is 19.0 Å². The van der Waals surface area contributed by atoms with Gasteiger partial charge < -0.3 is 18.9 Å². The predicted octanol–water partition coefficient (Wildman–Crippen LogP) is 6.16. The standard InChI is InChI=1S/C24H54O4S2Si2/c1-5-9-15-25-23(26-16-10-6-2)31-21-13-19-29-30-20-14-22-32-24(27-17-11-7-3)28-18-12-8-4/h23-24H,5-22,31-32H2,1-4H3. The van der Waals surface area contributed by atoms with Crippen molar-refractivity contribution in [3.05, 3.63) is 0 Å². The first-order valence-electron chi connectivity index (χ1n) is 13.5. The van der Waals surface area contributed by atoms with Crippen molar-refractivity contribution in [2.75, 3.05) is 37.9 Å². The lowest BCUT2D eigenvalue weighted by molar-refractivity contribution is -0.0922. The van der Waals surface area contributed by atoms with Crippen LogP contribution in [0.3, 0.4) is 0 Å². The molecule has 0 aliphatic carbocycles. The quantitative estimate of drug-likeness (QED) is 0.0552. The van der Waals surface area contributed by atoms with Crippen LogP contribution in [-0.4, -0.2) is 68.8 Å². The lowest BCUT2D eigenvalue weighted by atomic mass is 10.4. The molecule has 0 aromatic rings. The van der Waals surface area contributed by atoms with Crippen molar-refractivity contribution in [3.8, 4) is 0 Å². The summed E-state index contributed by atoms with van der Waals surface area (Å²) in [5.41, 5.74) is 0. The van der Waals surface area contributed by atoms with E-state index in [1.54, 1.807) is 0 Å². The largest absolute Gasteiger partial charge is 0.357 e. The fourth-order valence-corrected chi connectivity index (χ4v) is 9.02. The Bertz CT molecular complexity index is 306. The maximum atomic E-state index is 5.99. The summed E-state index contributed by atoms with van der Waals surface area (Å²) in [5.74, 6) is 2.80. The number of ether oxygens (including phenoxy) is 4. The zero-order chi connectivity index (χ0) is 23.5. The predicted molar refractivity (Wildman–Crippen MR) is 152 cm³/mol. The van der Waals surface area contributed by atoms with Gasteiger partial charge in [0.25, 0.3) is 0 Å². The van der Waals surface area contributed by atoms with Gasteiger partial charge in [-0.05, 0) is 38.5 Å². The number of hydrogen-bond donors (Lipinski definition) is 0. The summed E-state index contributed by atoms with van der Waals surface area (Å²) >= 11 is 0. The molecule has 0 fully saturated rings. The SMILES string of the molecule is CCCCOC(OCCCC)[SiH2]CCCSSCCC[SiH2]C(OCCCC)OCCCC. The smallest absolute Gasteiger partial charge is 0.134 e. The van der Waals surface area contributed by atoms with E-state index in [9.17, 15) is 0 Å². The minimum atomic E-state index is -0.295. The first-order valence-corrected chi connectivity index (χ1v) is 19.6. The summed E-state index contributed by atoms with van der Waals surface area (Å²) in [6, 6.07) is 2.66. The Hall–Kier alpha value is 0.974. The Morgan fingerprint density at radius 3 is 1.09 bits per heavy atom. The molecule has 4 nitrogen and oxygen atoms in total. The van der Waals surface area contributed by atoms with E-state index in [1.165, 1.54) is 62.1 Å². The summed E-state index contributed by atoms with van der Waals surface area (Å²) in [4.78, 5) is 0. The lowest BCUT2D eigenvalue weighted by Gasteiger charge is -2.18. The van der Waals surface area contributed by atoms with Gasteiger partial charge in [-0.2, -0.15) is 0 Å². The highest BCUT2D eigenvalue weighted by Crippen LogP contribution is 2.24. The van der Waals surface area contributed by atoms with Gasteiger partial charge >= 0.3 is 0 Å². The van der Waals surface area contributed by atoms with Crippen LogP contribution in [-0.2, 0) is 18.9 Å². The molecule has 0 aliphatic heterocycles. The fourth-order valence-electron chi connectivity index (χ4n) is 2.93. The van der Waals surface area contributed by atoms with Gasteiger partial charge in [-0.3, -0.25) is 0 Å². The molecule has 32 heavy (non-hydrogen) atoms. The molecular formula is C24H54O4S2Si2. The van der Waals surface area contributed by atoms with Crippen LogP contribution < -0.4 is 0 Å². The molecule has 0 saturated heterocycles.